The number of rotatable bonds is 5. The SMILES string of the molecule is c1ccc2cc(-c3c4ccccc4c(-c4c(-c5ccc(-c6c7ccccc7c(-c7cccc8ccccc78)c7ccccc67)cc5)ccc5ccccc45)c4ccccc34)ccc2c1. The summed E-state index contributed by atoms with van der Waals surface area (Å²) in [6.07, 6.45) is 0. The minimum atomic E-state index is 1.19. The lowest BCUT2D eigenvalue weighted by Gasteiger charge is -2.22. The Hall–Kier alpha value is -8.32. The van der Waals surface area contributed by atoms with E-state index in [1.54, 1.807) is 0 Å². The zero-order valence-electron chi connectivity index (χ0n) is 35.1. The van der Waals surface area contributed by atoms with Crippen LogP contribution in [-0.4, -0.2) is 0 Å². The maximum absolute atomic E-state index is 2.36. The molecule has 0 atom stereocenters. The molecule has 0 aliphatic rings. The highest BCUT2D eigenvalue weighted by Gasteiger charge is 2.22. The molecule has 0 heteroatoms. The number of fused-ring (bicyclic) bond motifs is 7. The molecule has 0 heterocycles. The largest absolute Gasteiger partial charge is 0.0616 e. The van der Waals surface area contributed by atoms with Crippen LogP contribution < -0.4 is 0 Å². The van der Waals surface area contributed by atoms with Crippen molar-refractivity contribution < 1.29 is 0 Å². The minimum absolute atomic E-state index is 1.19. The quantitative estimate of drug-likeness (QED) is 0.152. The molecule has 13 aromatic carbocycles. The highest BCUT2D eigenvalue weighted by Crippen LogP contribution is 2.50. The summed E-state index contributed by atoms with van der Waals surface area (Å²) in [5.74, 6) is 0. The van der Waals surface area contributed by atoms with Crippen molar-refractivity contribution in [2.24, 2.45) is 0 Å². The summed E-state index contributed by atoms with van der Waals surface area (Å²) in [5, 5.41) is 17.6. The Kier molecular flexibility index (Phi) is 8.32. The molecule has 0 radical (unpaired) electrons. The van der Waals surface area contributed by atoms with Crippen molar-refractivity contribution in [3.8, 4) is 55.6 Å². The van der Waals surface area contributed by atoms with Crippen LogP contribution in [0.1, 0.15) is 0 Å². The van der Waals surface area contributed by atoms with E-state index in [0.717, 1.165) is 0 Å². The molecule has 0 unspecified atom stereocenters. The molecule has 296 valence electrons. The van der Waals surface area contributed by atoms with Crippen molar-refractivity contribution in [1.29, 1.82) is 0 Å². The second-order valence-electron chi connectivity index (χ2n) is 17.1. The topological polar surface area (TPSA) is 0 Å². The first kappa shape index (κ1) is 36.3. The second kappa shape index (κ2) is 14.7. The smallest absolute Gasteiger partial charge is 0.00139 e. The van der Waals surface area contributed by atoms with Gasteiger partial charge in [-0.1, -0.05) is 237 Å². The molecule has 0 aromatic heterocycles. The van der Waals surface area contributed by atoms with Crippen molar-refractivity contribution in [3.05, 3.63) is 243 Å². The van der Waals surface area contributed by atoms with E-state index in [-0.39, 0.29) is 0 Å². The summed E-state index contributed by atoms with van der Waals surface area (Å²) in [4.78, 5) is 0. The third-order valence-corrected chi connectivity index (χ3v) is 13.6. The Morgan fingerprint density at radius 2 is 0.531 bits per heavy atom. The molecule has 0 amide bonds. The van der Waals surface area contributed by atoms with Gasteiger partial charge in [-0.3, -0.25) is 0 Å². The highest BCUT2D eigenvalue weighted by molar-refractivity contribution is 6.26. The van der Waals surface area contributed by atoms with Crippen LogP contribution in [0.15, 0.2) is 243 Å². The Balaban J connectivity index is 1.04. The van der Waals surface area contributed by atoms with Gasteiger partial charge in [0.1, 0.15) is 0 Å². The van der Waals surface area contributed by atoms with Crippen molar-refractivity contribution in [2.75, 3.05) is 0 Å². The first-order chi connectivity index (χ1) is 31.8. The van der Waals surface area contributed by atoms with Gasteiger partial charge in [0, 0.05) is 0 Å². The normalized spacial score (nSPS) is 11.8. The maximum Gasteiger partial charge on any atom is -0.00139 e. The summed E-state index contributed by atoms with van der Waals surface area (Å²) in [7, 11) is 0. The summed E-state index contributed by atoms with van der Waals surface area (Å²) in [5.41, 5.74) is 12.5. The van der Waals surface area contributed by atoms with E-state index in [1.165, 1.54) is 131 Å². The Morgan fingerprint density at radius 1 is 0.156 bits per heavy atom. The molecular formula is C64H40. The van der Waals surface area contributed by atoms with Crippen LogP contribution in [0, 0.1) is 0 Å². The molecular weight excluding hydrogens is 769 g/mol. The predicted molar refractivity (Wildman–Crippen MR) is 276 cm³/mol. The fourth-order valence-electron chi connectivity index (χ4n) is 10.8. The Bertz CT molecular complexity index is 3880. The number of hydrogen-bond donors (Lipinski definition) is 0. The minimum Gasteiger partial charge on any atom is -0.0616 e. The van der Waals surface area contributed by atoms with Crippen molar-refractivity contribution in [2.45, 2.75) is 0 Å². The molecule has 0 fully saturated rings. The maximum atomic E-state index is 2.36. The van der Waals surface area contributed by atoms with Gasteiger partial charge in [-0.25, -0.2) is 0 Å². The zero-order chi connectivity index (χ0) is 42.1. The van der Waals surface area contributed by atoms with Crippen LogP contribution in [-0.2, 0) is 0 Å². The third-order valence-electron chi connectivity index (χ3n) is 13.6. The number of benzene rings is 13. The molecule has 0 saturated heterocycles. The van der Waals surface area contributed by atoms with Crippen molar-refractivity contribution >= 4 is 75.4 Å². The van der Waals surface area contributed by atoms with Crippen LogP contribution >= 0.6 is 0 Å². The van der Waals surface area contributed by atoms with Gasteiger partial charge in [-0.2, -0.15) is 0 Å². The predicted octanol–water partition coefficient (Wildman–Crippen LogP) is 18.1. The van der Waals surface area contributed by atoms with Gasteiger partial charge < -0.3 is 0 Å². The van der Waals surface area contributed by atoms with Gasteiger partial charge in [-0.05, 0) is 137 Å². The molecule has 64 heavy (non-hydrogen) atoms. The zero-order valence-corrected chi connectivity index (χ0v) is 35.1. The molecule has 0 nitrogen and oxygen atoms in total. The lowest BCUT2D eigenvalue weighted by atomic mass is 9.81. The van der Waals surface area contributed by atoms with Crippen LogP contribution in [0.4, 0.5) is 0 Å². The van der Waals surface area contributed by atoms with E-state index in [0.29, 0.717) is 0 Å². The van der Waals surface area contributed by atoms with Gasteiger partial charge in [-0.15, -0.1) is 0 Å². The highest BCUT2D eigenvalue weighted by atomic mass is 14.3. The van der Waals surface area contributed by atoms with Crippen LogP contribution in [0.3, 0.4) is 0 Å². The molecule has 0 saturated carbocycles. The van der Waals surface area contributed by atoms with Crippen LogP contribution in [0.2, 0.25) is 0 Å². The van der Waals surface area contributed by atoms with Gasteiger partial charge in [0.25, 0.3) is 0 Å². The summed E-state index contributed by atoms with van der Waals surface area (Å²) in [6, 6.07) is 90.0. The Morgan fingerprint density at radius 3 is 1.11 bits per heavy atom. The van der Waals surface area contributed by atoms with E-state index >= 15 is 0 Å². The lowest BCUT2D eigenvalue weighted by Crippen LogP contribution is -1.94. The summed E-state index contributed by atoms with van der Waals surface area (Å²) < 4.78 is 0. The first-order valence-corrected chi connectivity index (χ1v) is 22.3. The summed E-state index contributed by atoms with van der Waals surface area (Å²) >= 11 is 0. The van der Waals surface area contributed by atoms with E-state index in [9.17, 15) is 0 Å². The van der Waals surface area contributed by atoms with Gasteiger partial charge in [0.2, 0.25) is 0 Å². The fourth-order valence-corrected chi connectivity index (χ4v) is 10.8. The number of hydrogen-bond acceptors (Lipinski definition) is 0. The Labute approximate surface area is 371 Å². The van der Waals surface area contributed by atoms with Crippen molar-refractivity contribution in [1.82, 2.24) is 0 Å². The monoisotopic (exact) mass is 808 g/mol. The molecule has 0 N–H and O–H groups in total. The molecule has 0 aliphatic heterocycles. The van der Waals surface area contributed by atoms with E-state index in [4.69, 9.17) is 0 Å². The van der Waals surface area contributed by atoms with E-state index in [2.05, 4.69) is 243 Å². The van der Waals surface area contributed by atoms with Gasteiger partial charge in [0.15, 0.2) is 0 Å². The van der Waals surface area contributed by atoms with Crippen LogP contribution in [0.5, 0.6) is 0 Å². The van der Waals surface area contributed by atoms with Crippen molar-refractivity contribution in [3.63, 3.8) is 0 Å². The average Bonchev–Trinajstić information content (AvgIpc) is 3.37. The average molecular weight is 809 g/mol. The lowest BCUT2D eigenvalue weighted by molar-refractivity contribution is 1.62. The summed E-state index contributed by atoms with van der Waals surface area (Å²) in [6.45, 7) is 0. The second-order valence-corrected chi connectivity index (χ2v) is 17.1. The molecule has 13 aromatic rings. The molecule has 0 aliphatic carbocycles. The standard InChI is InChI=1S/C64H40/c1-2-19-46-40-47(37-32-41(46)16-1)61-54-25-9-13-29-58(54)64(59-30-14-10-26-55(59)61)63-49-22-6-4-18-43(49)38-39-50(63)44-33-35-45(36-34-44)60-52-23-7-11-27-56(52)62(57-28-12-8-24-53(57)60)51-31-15-20-42-17-3-5-21-48(42)51/h1-40H. The van der Waals surface area contributed by atoms with E-state index < -0.39 is 0 Å². The van der Waals surface area contributed by atoms with Gasteiger partial charge in [0.05, 0.1) is 0 Å². The van der Waals surface area contributed by atoms with Gasteiger partial charge >= 0.3 is 0 Å². The molecule has 0 bridgehead atoms. The molecule has 13 rings (SSSR count). The third kappa shape index (κ3) is 5.63. The first-order valence-electron chi connectivity index (χ1n) is 22.3. The van der Waals surface area contributed by atoms with Crippen LogP contribution in [0.25, 0.3) is 131 Å². The fraction of sp³-hybridized carbons (Fsp3) is 0. The molecule has 0 spiro atoms. The van der Waals surface area contributed by atoms with E-state index in [1.807, 2.05) is 0 Å².